The number of hydrogen-bond acceptors (Lipinski definition) is 3. The monoisotopic (exact) mass is 270 g/mol. The van der Waals surface area contributed by atoms with Gasteiger partial charge in [-0.15, -0.1) is 0 Å². The van der Waals surface area contributed by atoms with E-state index in [-0.39, 0.29) is 11.8 Å². The number of furan rings is 1. The number of benzene rings is 1. The third-order valence-electron chi connectivity index (χ3n) is 3.63. The highest BCUT2D eigenvalue weighted by molar-refractivity contribution is 5.86. The third-order valence-corrected chi connectivity index (χ3v) is 3.63. The van der Waals surface area contributed by atoms with Crippen molar-refractivity contribution in [1.82, 2.24) is 5.32 Å². The first kappa shape index (κ1) is 12.8. The molecule has 1 aliphatic heterocycles. The predicted octanol–water partition coefficient (Wildman–Crippen LogP) is 2.80. The normalized spacial score (nSPS) is 17.1. The number of carbonyl (C=O) groups excluding carboxylic acids is 1. The molecular weight excluding hydrogens is 252 g/mol. The number of amides is 1. The van der Waals surface area contributed by atoms with Crippen LogP contribution in [-0.2, 0) is 11.3 Å². The van der Waals surface area contributed by atoms with Crippen molar-refractivity contribution in [2.75, 3.05) is 11.9 Å². The fraction of sp³-hybridized carbons (Fsp3) is 0.312. The molecule has 0 saturated carbocycles. The molecule has 4 nitrogen and oxygen atoms in total. The smallest absolute Gasteiger partial charge is 0.228 e. The van der Waals surface area contributed by atoms with Crippen molar-refractivity contribution >= 4 is 11.6 Å². The Labute approximate surface area is 118 Å². The highest BCUT2D eigenvalue weighted by Gasteiger charge is 2.25. The fourth-order valence-corrected chi connectivity index (χ4v) is 2.62. The van der Waals surface area contributed by atoms with Crippen LogP contribution in [0.5, 0.6) is 0 Å². The Hall–Kier alpha value is -2.23. The van der Waals surface area contributed by atoms with Crippen LogP contribution in [-0.4, -0.2) is 12.5 Å². The molecule has 1 unspecified atom stereocenters. The number of carbonyl (C=O) groups is 1. The van der Waals surface area contributed by atoms with Crippen LogP contribution in [0.25, 0.3) is 0 Å². The highest BCUT2D eigenvalue weighted by atomic mass is 16.3. The van der Waals surface area contributed by atoms with Gasteiger partial charge < -0.3 is 15.1 Å². The van der Waals surface area contributed by atoms with Gasteiger partial charge in [0.25, 0.3) is 0 Å². The molecule has 0 radical (unpaired) electrons. The van der Waals surface area contributed by atoms with Gasteiger partial charge >= 0.3 is 0 Å². The molecule has 2 heterocycles. The molecule has 1 amide bonds. The van der Waals surface area contributed by atoms with E-state index in [1.807, 2.05) is 43.3 Å². The Kier molecular flexibility index (Phi) is 3.46. The molecule has 1 aromatic heterocycles. The van der Waals surface area contributed by atoms with Crippen LogP contribution in [0.4, 0.5) is 5.69 Å². The Morgan fingerprint density at radius 3 is 3.00 bits per heavy atom. The summed E-state index contributed by atoms with van der Waals surface area (Å²) in [5.74, 6) is 1.64. The Morgan fingerprint density at radius 2 is 2.20 bits per heavy atom. The molecule has 1 aliphatic rings. The number of anilines is 1. The van der Waals surface area contributed by atoms with E-state index in [1.165, 1.54) is 0 Å². The summed E-state index contributed by atoms with van der Waals surface area (Å²) in [5.41, 5.74) is 2.14. The van der Waals surface area contributed by atoms with Crippen molar-refractivity contribution in [3.05, 3.63) is 53.5 Å². The zero-order valence-corrected chi connectivity index (χ0v) is 11.5. The summed E-state index contributed by atoms with van der Waals surface area (Å²) in [4.78, 5) is 12.4. The van der Waals surface area contributed by atoms with Crippen LogP contribution in [0.15, 0.2) is 40.8 Å². The fourth-order valence-electron chi connectivity index (χ4n) is 2.62. The highest BCUT2D eigenvalue weighted by Crippen LogP contribution is 2.31. The van der Waals surface area contributed by atoms with Gasteiger partial charge in [-0.25, -0.2) is 0 Å². The number of aryl methyl sites for hydroxylation is 1. The minimum absolute atomic E-state index is 0.0630. The second kappa shape index (κ2) is 5.41. The van der Waals surface area contributed by atoms with E-state index >= 15 is 0 Å². The average molecular weight is 270 g/mol. The summed E-state index contributed by atoms with van der Waals surface area (Å²) in [6, 6.07) is 11.8. The Balaban J connectivity index is 1.69. The van der Waals surface area contributed by atoms with Crippen LogP contribution in [0.3, 0.4) is 0 Å². The lowest BCUT2D eigenvalue weighted by molar-refractivity contribution is -0.123. The molecule has 2 N–H and O–H groups in total. The average Bonchev–Trinajstić information content (AvgIpc) is 2.90. The summed E-state index contributed by atoms with van der Waals surface area (Å²) >= 11 is 0. The lowest BCUT2D eigenvalue weighted by Gasteiger charge is -2.25. The maximum Gasteiger partial charge on any atom is 0.228 e. The SMILES string of the molecule is Cc1ccc(CNC(=O)C2CCNc3ccccc32)o1. The number of para-hydroxylation sites is 1. The van der Waals surface area contributed by atoms with E-state index in [1.54, 1.807) is 0 Å². The molecule has 3 rings (SSSR count). The molecule has 0 saturated heterocycles. The molecule has 0 fully saturated rings. The zero-order chi connectivity index (χ0) is 13.9. The van der Waals surface area contributed by atoms with Gasteiger partial charge in [-0.3, -0.25) is 4.79 Å². The van der Waals surface area contributed by atoms with Crippen molar-refractivity contribution in [3.63, 3.8) is 0 Å². The molecule has 4 heteroatoms. The van der Waals surface area contributed by atoms with E-state index in [4.69, 9.17) is 4.42 Å². The molecule has 1 aromatic carbocycles. The van der Waals surface area contributed by atoms with Gasteiger partial charge in [0.05, 0.1) is 12.5 Å². The van der Waals surface area contributed by atoms with E-state index in [0.717, 1.165) is 35.7 Å². The molecule has 0 spiro atoms. The minimum atomic E-state index is -0.0801. The van der Waals surface area contributed by atoms with Crippen LogP contribution in [0.1, 0.15) is 29.4 Å². The molecule has 20 heavy (non-hydrogen) atoms. The van der Waals surface area contributed by atoms with Crippen molar-refractivity contribution in [2.24, 2.45) is 0 Å². The molecule has 1 atom stereocenters. The number of nitrogens with one attached hydrogen (secondary N) is 2. The van der Waals surface area contributed by atoms with Crippen molar-refractivity contribution in [3.8, 4) is 0 Å². The Morgan fingerprint density at radius 1 is 1.35 bits per heavy atom. The lowest BCUT2D eigenvalue weighted by Crippen LogP contribution is -2.32. The minimum Gasteiger partial charge on any atom is -0.465 e. The molecule has 0 bridgehead atoms. The largest absolute Gasteiger partial charge is 0.465 e. The zero-order valence-electron chi connectivity index (χ0n) is 11.5. The molecule has 0 aliphatic carbocycles. The first-order valence-corrected chi connectivity index (χ1v) is 6.90. The van der Waals surface area contributed by atoms with Crippen molar-refractivity contribution in [1.29, 1.82) is 0 Å². The van der Waals surface area contributed by atoms with Crippen LogP contribution in [0.2, 0.25) is 0 Å². The molecular formula is C16H18N2O2. The quantitative estimate of drug-likeness (QED) is 0.901. The molecule has 104 valence electrons. The number of fused-ring (bicyclic) bond motifs is 1. The Bertz CT molecular complexity index is 618. The van der Waals surface area contributed by atoms with Crippen molar-refractivity contribution < 1.29 is 9.21 Å². The maximum atomic E-state index is 12.4. The molecule has 2 aromatic rings. The summed E-state index contributed by atoms with van der Waals surface area (Å²) in [5, 5.41) is 6.29. The lowest BCUT2D eigenvalue weighted by atomic mass is 9.90. The van der Waals surface area contributed by atoms with E-state index in [2.05, 4.69) is 10.6 Å². The predicted molar refractivity (Wildman–Crippen MR) is 77.6 cm³/mol. The first-order valence-electron chi connectivity index (χ1n) is 6.90. The van der Waals surface area contributed by atoms with Gasteiger partial charge in [0.1, 0.15) is 11.5 Å². The second-order valence-electron chi connectivity index (χ2n) is 5.09. The van der Waals surface area contributed by atoms with E-state index < -0.39 is 0 Å². The van der Waals surface area contributed by atoms with Gasteiger partial charge in [-0.05, 0) is 37.1 Å². The summed E-state index contributed by atoms with van der Waals surface area (Å²) in [6.07, 6.45) is 0.819. The maximum absolute atomic E-state index is 12.4. The van der Waals surface area contributed by atoms with Gasteiger partial charge in [0.2, 0.25) is 5.91 Å². The first-order chi connectivity index (χ1) is 9.74. The topological polar surface area (TPSA) is 54.3 Å². The number of hydrogen-bond donors (Lipinski definition) is 2. The van der Waals surface area contributed by atoms with Gasteiger partial charge in [0.15, 0.2) is 0 Å². The van der Waals surface area contributed by atoms with Gasteiger partial charge in [0, 0.05) is 12.2 Å². The van der Waals surface area contributed by atoms with E-state index in [0.29, 0.717) is 6.54 Å². The number of rotatable bonds is 3. The second-order valence-corrected chi connectivity index (χ2v) is 5.09. The summed E-state index contributed by atoms with van der Waals surface area (Å²) in [7, 11) is 0. The summed E-state index contributed by atoms with van der Waals surface area (Å²) in [6.45, 7) is 3.17. The standard InChI is InChI=1S/C16H18N2O2/c1-11-6-7-12(20-11)10-18-16(19)14-8-9-17-15-5-3-2-4-13(14)15/h2-7,14,17H,8-10H2,1H3,(H,18,19). The van der Waals surface area contributed by atoms with Crippen LogP contribution in [0, 0.1) is 6.92 Å². The summed E-state index contributed by atoms with van der Waals surface area (Å²) < 4.78 is 5.46. The van der Waals surface area contributed by atoms with Gasteiger partial charge in [-0.1, -0.05) is 18.2 Å². The third kappa shape index (κ3) is 2.54. The van der Waals surface area contributed by atoms with E-state index in [9.17, 15) is 4.79 Å². The van der Waals surface area contributed by atoms with Crippen molar-refractivity contribution in [2.45, 2.75) is 25.8 Å². The van der Waals surface area contributed by atoms with Crippen LogP contribution >= 0.6 is 0 Å². The van der Waals surface area contributed by atoms with Crippen LogP contribution < -0.4 is 10.6 Å². The van der Waals surface area contributed by atoms with Gasteiger partial charge in [-0.2, -0.15) is 0 Å².